The molecule has 0 aliphatic heterocycles. The third-order valence-electron chi connectivity index (χ3n) is 3.12. The molecule has 0 spiro atoms. The van der Waals surface area contributed by atoms with Crippen LogP contribution in [0.25, 0.3) is 0 Å². The van der Waals surface area contributed by atoms with Gasteiger partial charge in [-0.05, 0) is 36.8 Å². The number of ether oxygens (including phenoxy) is 1. The molecular formula is C13H22N2O3S2. The molecule has 0 aromatic carbocycles. The molecule has 0 unspecified atom stereocenters. The summed E-state index contributed by atoms with van der Waals surface area (Å²) in [6.45, 7) is 4.92. The third kappa shape index (κ3) is 4.82. The first kappa shape index (κ1) is 15.9. The van der Waals surface area contributed by atoms with Gasteiger partial charge in [0, 0.05) is 24.6 Å². The Balaban J connectivity index is 1.80. The van der Waals surface area contributed by atoms with Crippen molar-refractivity contribution in [1.29, 1.82) is 0 Å². The van der Waals surface area contributed by atoms with Gasteiger partial charge in [0.25, 0.3) is 0 Å². The van der Waals surface area contributed by atoms with Crippen molar-refractivity contribution in [3.8, 4) is 0 Å². The van der Waals surface area contributed by atoms with Gasteiger partial charge in [0.1, 0.15) is 0 Å². The van der Waals surface area contributed by atoms with E-state index in [0.717, 1.165) is 18.0 Å². The summed E-state index contributed by atoms with van der Waals surface area (Å²) in [7, 11) is -3.42. The largest absolute Gasteiger partial charge is 0.380 e. The molecule has 2 N–H and O–H groups in total. The molecule has 0 bridgehead atoms. The molecule has 1 aromatic rings. The quantitative estimate of drug-likeness (QED) is 0.643. The average molecular weight is 318 g/mol. The standard InChI is InChI=1S/C13H22N2O3S2/c1-2-14-9-12-13(5-8-19-12)20(16,17)15-6-7-18-10-11-3-4-11/h5,8,11,14-15H,2-4,6-7,9-10H2,1H3. The SMILES string of the molecule is CCNCc1sccc1S(=O)(=O)NCCOCC1CC1. The maximum atomic E-state index is 12.2. The Labute approximate surface area is 124 Å². The molecule has 7 heteroatoms. The highest BCUT2D eigenvalue weighted by Gasteiger charge is 2.21. The van der Waals surface area contributed by atoms with Crippen molar-refractivity contribution < 1.29 is 13.2 Å². The molecule has 1 aliphatic carbocycles. The zero-order valence-electron chi connectivity index (χ0n) is 11.7. The second kappa shape index (κ2) is 7.51. The van der Waals surface area contributed by atoms with Gasteiger partial charge in [0.05, 0.1) is 11.5 Å². The lowest BCUT2D eigenvalue weighted by Crippen LogP contribution is -2.28. The molecule has 0 saturated heterocycles. The molecule has 20 heavy (non-hydrogen) atoms. The summed E-state index contributed by atoms with van der Waals surface area (Å²) in [5.74, 6) is 0.704. The zero-order valence-corrected chi connectivity index (χ0v) is 13.4. The van der Waals surface area contributed by atoms with E-state index in [0.29, 0.717) is 30.5 Å². The van der Waals surface area contributed by atoms with E-state index in [1.807, 2.05) is 12.3 Å². The molecule has 1 saturated carbocycles. The van der Waals surface area contributed by atoms with E-state index in [-0.39, 0.29) is 0 Å². The van der Waals surface area contributed by atoms with Gasteiger partial charge in [-0.2, -0.15) is 0 Å². The number of sulfonamides is 1. The topological polar surface area (TPSA) is 67.4 Å². The second-order valence-corrected chi connectivity index (χ2v) is 7.64. The minimum atomic E-state index is -3.42. The number of hydrogen-bond acceptors (Lipinski definition) is 5. The fourth-order valence-electron chi connectivity index (χ4n) is 1.80. The number of thiophene rings is 1. The zero-order chi connectivity index (χ0) is 14.4. The smallest absolute Gasteiger partial charge is 0.241 e. The van der Waals surface area contributed by atoms with E-state index in [1.165, 1.54) is 24.2 Å². The van der Waals surface area contributed by atoms with Crippen LogP contribution in [0.3, 0.4) is 0 Å². The Morgan fingerprint density at radius 1 is 1.45 bits per heavy atom. The maximum Gasteiger partial charge on any atom is 0.241 e. The predicted octanol–water partition coefficient (Wildman–Crippen LogP) is 1.56. The molecule has 1 aromatic heterocycles. The third-order valence-corrected chi connectivity index (χ3v) is 5.71. The van der Waals surface area contributed by atoms with Crippen molar-refractivity contribution in [1.82, 2.24) is 10.0 Å². The predicted molar refractivity (Wildman–Crippen MR) is 80.4 cm³/mol. The molecule has 0 atom stereocenters. The second-order valence-electron chi connectivity index (χ2n) is 4.90. The van der Waals surface area contributed by atoms with Crippen LogP contribution in [0.15, 0.2) is 16.3 Å². The van der Waals surface area contributed by atoms with Gasteiger partial charge >= 0.3 is 0 Å². The van der Waals surface area contributed by atoms with E-state index in [2.05, 4.69) is 10.0 Å². The highest BCUT2D eigenvalue weighted by Crippen LogP contribution is 2.28. The van der Waals surface area contributed by atoms with E-state index < -0.39 is 10.0 Å². The van der Waals surface area contributed by atoms with E-state index in [1.54, 1.807) is 6.07 Å². The molecule has 114 valence electrons. The van der Waals surface area contributed by atoms with Crippen LogP contribution in [0.1, 0.15) is 24.6 Å². The molecule has 0 radical (unpaired) electrons. The van der Waals surface area contributed by atoms with Crippen LogP contribution in [-0.4, -0.2) is 34.7 Å². The highest BCUT2D eigenvalue weighted by atomic mass is 32.2. The van der Waals surface area contributed by atoms with Crippen LogP contribution < -0.4 is 10.0 Å². The van der Waals surface area contributed by atoms with E-state index in [4.69, 9.17) is 4.74 Å². The Bertz CT molecular complexity index is 509. The minimum Gasteiger partial charge on any atom is -0.380 e. The summed E-state index contributed by atoms with van der Waals surface area (Å²) in [5.41, 5.74) is 0. The molecular weight excluding hydrogens is 296 g/mol. The molecule has 5 nitrogen and oxygen atoms in total. The summed E-state index contributed by atoms with van der Waals surface area (Å²) < 4.78 is 32.4. The Morgan fingerprint density at radius 2 is 2.25 bits per heavy atom. The first-order valence-corrected chi connectivity index (χ1v) is 9.34. The molecule has 1 heterocycles. The van der Waals surface area contributed by atoms with Crippen molar-refractivity contribution in [3.05, 3.63) is 16.3 Å². The van der Waals surface area contributed by atoms with Crippen LogP contribution in [0.2, 0.25) is 0 Å². The first-order valence-electron chi connectivity index (χ1n) is 6.98. The van der Waals surface area contributed by atoms with Gasteiger partial charge in [-0.1, -0.05) is 6.92 Å². The fourth-order valence-corrected chi connectivity index (χ4v) is 4.22. The lowest BCUT2D eigenvalue weighted by atomic mass is 10.4. The molecule has 1 fully saturated rings. The molecule has 2 rings (SSSR count). The van der Waals surface area contributed by atoms with Crippen molar-refractivity contribution in [2.45, 2.75) is 31.2 Å². The van der Waals surface area contributed by atoms with Gasteiger partial charge in [0.2, 0.25) is 10.0 Å². The van der Waals surface area contributed by atoms with Crippen LogP contribution in [0.5, 0.6) is 0 Å². The van der Waals surface area contributed by atoms with Gasteiger partial charge in [-0.25, -0.2) is 13.1 Å². The minimum absolute atomic E-state index is 0.325. The van der Waals surface area contributed by atoms with E-state index >= 15 is 0 Å². The van der Waals surface area contributed by atoms with Gasteiger partial charge in [-0.15, -0.1) is 11.3 Å². The van der Waals surface area contributed by atoms with Gasteiger partial charge in [0.15, 0.2) is 0 Å². The average Bonchev–Trinajstić information content (AvgIpc) is 3.11. The number of nitrogens with one attached hydrogen (secondary N) is 2. The summed E-state index contributed by atoms with van der Waals surface area (Å²) >= 11 is 1.46. The van der Waals surface area contributed by atoms with E-state index in [9.17, 15) is 8.42 Å². The van der Waals surface area contributed by atoms with Crippen molar-refractivity contribution in [3.63, 3.8) is 0 Å². The van der Waals surface area contributed by atoms with Crippen molar-refractivity contribution >= 4 is 21.4 Å². The van der Waals surface area contributed by atoms with Crippen LogP contribution in [0, 0.1) is 5.92 Å². The number of rotatable bonds is 10. The Morgan fingerprint density at radius 3 is 2.95 bits per heavy atom. The summed E-state index contributed by atoms with van der Waals surface area (Å²) in [5, 5.41) is 4.96. The normalized spacial score (nSPS) is 15.7. The summed E-state index contributed by atoms with van der Waals surface area (Å²) in [6, 6.07) is 1.66. The lowest BCUT2D eigenvalue weighted by molar-refractivity contribution is 0.129. The van der Waals surface area contributed by atoms with Crippen LogP contribution in [0.4, 0.5) is 0 Å². The monoisotopic (exact) mass is 318 g/mol. The fraction of sp³-hybridized carbons (Fsp3) is 0.692. The number of hydrogen-bond donors (Lipinski definition) is 2. The summed E-state index contributed by atoms with van der Waals surface area (Å²) in [6.07, 6.45) is 2.49. The first-order chi connectivity index (χ1) is 9.63. The lowest BCUT2D eigenvalue weighted by Gasteiger charge is -2.08. The molecule has 1 aliphatic rings. The van der Waals surface area contributed by atoms with Crippen LogP contribution in [-0.2, 0) is 21.3 Å². The summed E-state index contributed by atoms with van der Waals surface area (Å²) in [4.78, 5) is 1.23. The molecule has 0 amide bonds. The van der Waals surface area contributed by atoms with Crippen molar-refractivity contribution in [2.24, 2.45) is 5.92 Å². The highest BCUT2D eigenvalue weighted by molar-refractivity contribution is 7.89. The Hall–Kier alpha value is -0.470. The maximum absolute atomic E-state index is 12.2. The van der Waals surface area contributed by atoms with Crippen LogP contribution >= 0.6 is 11.3 Å². The Kier molecular flexibility index (Phi) is 5.98. The van der Waals surface area contributed by atoms with Gasteiger partial charge in [-0.3, -0.25) is 0 Å². The van der Waals surface area contributed by atoms with Crippen molar-refractivity contribution in [2.75, 3.05) is 26.3 Å². The van der Waals surface area contributed by atoms with Gasteiger partial charge < -0.3 is 10.1 Å².